The molecule has 6 nitrogen and oxygen atoms in total. The van der Waals surface area contributed by atoms with E-state index in [2.05, 4.69) is 0 Å². The zero-order valence-corrected chi connectivity index (χ0v) is 9.26. The Morgan fingerprint density at radius 3 is 2.75 bits per heavy atom. The van der Waals surface area contributed by atoms with Gasteiger partial charge < -0.3 is 19.6 Å². The second kappa shape index (κ2) is 4.29. The van der Waals surface area contributed by atoms with Crippen molar-refractivity contribution >= 4 is 12.0 Å². The summed E-state index contributed by atoms with van der Waals surface area (Å²) >= 11 is 0. The number of rotatable bonds is 3. The van der Waals surface area contributed by atoms with Crippen LogP contribution >= 0.6 is 0 Å². The molecule has 0 aromatic carbocycles. The number of ether oxygens (including phenoxy) is 1. The van der Waals surface area contributed by atoms with Crippen molar-refractivity contribution in [2.75, 3.05) is 26.7 Å². The molecule has 90 valence electrons. The third-order valence-electron chi connectivity index (χ3n) is 3.11. The van der Waals surface area contributed by atoms with Gasteiger partial charge in [0, 0.05) is 26.7 Å². The molecule has 0 aromatic heterocycles. The average molecular weight is 228 g/mol. The molecule has 0 saturated carbocycles. The number of amides is 2. The number of carboxylic acid groups (broad SMARTS) is 1. The third kappa shape index (κ3) is 2.11. The minimum Gasteiger partial charge on any atom is -0.479 e. The molecule has 0 radical (unpaired) electrons. The van der Waals surface area contributed by atoms with Crippen molar-refractivity contribution in [3.63, 3.8) is 0 Å². The van der Waals surface area contributed by atoms with E-state index in [0.29, 0.717) is 25.9 Å². The maximum absolute atomic E-state index is 11.6. The highest BCUT2D eigenvalue weighted by Crippen LogP contribution is 2.21. The van der Waals surface area contributed by atoms with Crippen LogP contribution in [0, 0.1) is 0 Å². The lowest BCUT2D eigenvalue weighted by molar-refractivity contribution is -0.149. The van der Waals surface area contributed by atoms with Crippen LogP contribution in [0.4, 0.5) is 4.79 Å². The van der Waals surface area contributed by atoms with Crippen molar-refractivity contribution in [3.8, 4) is 0 Å². The molecule has 2 amide bonds. The molecule has 16 heavy (non-hydrogen) atoms. The van der Waals surface area contributed by atoms with Crippen molar-refractivity contribution in [2.45, 2.75) is 25.0 Å². The van der Waals surface area contributed by atoms with Gasteiger partial charge in [-0.1, -0.05) is 0 Å². The second-order valence-corrected chi connectivity index (χ2v) is 4.31. The van der Waals surface area contributed by atoms with Gasteiger partial charge in [-0.05, 0) is 12.8 Å². The highest BCUT2D eigenvalue weighted by Gasteiger charge is 2.34. The van der Waals surface area contributed by atoms with Crippen LogP contribution in [0.25, 0.3) is 0 Å². The fourth-order valence-corrected chi connectivity index (χ4v) is 2.14. The van der Waals surface area contributed by atoms with E-state index in [1.54, 1.807) is 16.8 Å². The first-order chi connectivity index (χ1) is 7.58. The van der Waals surface area contributed by atoms with E-state index in [4.69, 9.17) is 9.84 Å². The van der Waals surface area contributed by atoms with Gasteiger partial charge in [0.1, 0.15) is 0 Å². The summed E-state index contributed by atoms with van der Waals surface area (Å²) in [6, 6.07) is 0.00220. The maximum atomic E-state index is 11.6. The Balaban J connectivity index is 1.83. The lowest BCUT2D eigenvalue weighted by atomic mass is 10.2. The maximum Gasteiger partial charge on any atom is 0.332 e. The van der Waals surface area contributed by atoms with Crippen LogP contribution in [0.1, 0.15) is 12.8 Å². The smallest absolute Gasteiger partial charge is 0.332 e. The van der Waals surface area contributed by atoms with E-state index >= 15 is 0 Å². The molecule has 0 spiro atoms. The zero-order chi connectivity index (χ0) is 11.7. The molecule has 2 unspecified atom stereocenters. The number of hydrogen-bond acceptors (Lipinski definition) is 3. The number of nitrogens with zero attached hydrogens (tertiary/aromatic N) is 2. The molecule has 1 N–H and O–H groups in total. The third-order valence-corrected chi connectivity index (χ3v) is 3.11. The predicted octanol–water partition coefficient (Wildman–Crippen LogP) is -0.0140. The molecular formula is C10H16N2O4. The summed E-state index contributed by atoms with van der Waals surface area (Å²) in [4.78, 5) is 25.6. The first kappa shape index (κ1) is 11.2. The van der Waals surface area contributed by atoms with Gasteiger partial charge in [-0.3, -0.25) is 0 Å². The van der Waals surface area contributed by atoms with Crippen molar-refractivity contribution < 1.29 is 19.4 Å². The summed E-state index contributed by atoms with van der Waals surface area (Å²) in [5, 5.41) is 8.77. The fourth-order valence-electron chi connectivity index (χ4n) is 2.14. The minimum atomic E-state index is -0.910. The normalized spacial score (nSPS) is 30.2. The van der Waals surface area contributed by atoms with Crippen LogP contribution in [0.5, 0.6) is 0 Å². The molecule has 2 atom stereocenters. The molecular weight excluding hydrogens is 212 g/mol. The molecule has 2 aliphatic heterocycles. The minimum absolute atomic E-state index is 0.00220. The molecule has 0 bridgehead atoms. The molecule has 2 fully saturated rings. The Bertz CT molecular complexity index is 307. The lowest BCUT2D eigenvalue weighted by Gasteiger charge is -2.20. The molecule has 6 heteroatoms. The van der Waals surface area contributed by atoms with Gasteiger partial charge in [0.15, 0.2) is 6.10 Å². The van der Waals surface area contributed by atoms with Crippen molar-refractivity contribution in [1.82, 2.24) is 9.80 Å². The highest BCUT2D eigenvalue weighted by atomic mass is 16.5. The number of carboxylic acids is 1. The standard InChI is InChI=1S/C10H16N2O4/c1-11-4-5-12(10(11)15)6-7-2-3-8(16-7)9(13)14/h7-8H,2-6H2,1H3,(H,13,14). The quantitative estimate of drug-likeness (QED) is 0.737. The van der Waals surface area contributed by atoms with Crippen molar-refractivity contribution in [2.24, 2.45) is 0 Å². The van der Waals surface area contributed by atoms with E-state index in [0.717, 1.165) is 6.54 Å². The van der Waals surface area contributed by atoms with Crippen molar-refractivity contribution in [1.29, 1.82) is 0 Å². The van der Waals surface area contributed by atoms with Crippen LogP contribution in [-0.4, -0.2) is 65.8 Å². The van der Waals surface area contributed by atoms with Crippen LogP contribution in [0.2, 0.25) is 0 Å². The average Bonchev–Trinajstić information content (AvgIpc) is 2.81. The van der Waals surface area contributed by atoms with Gasteiger partial charge in [0.25, 0.3) is 0 Å². The lowest BCUT2D eigenvalue weighted by Crippen LogP contribution is -2.36. The number of urea groups is 1. The van der Waals surface area contributed by atoms with Crippen LogP contribution in [0.3, 0.4) is 0 Å². The first-order valence-corrected chi connectivity index (χ1v) is 5.46. The SMILES string of the molecule is CN1CCN(CC2CCC(C(=O)O)O2)C1=O. The van der Waals surface area contributed by atoms with Gasteiger partial charge >= 0.3 is 12.0 Å². The van der Waals surface area contributed by atoms with Crippen LogP contribution in [0.15, 0.2) is 0 Å². The predicted molar refractivity (Wildman–Crippen MR) is 55.1 cm³/mol. The molecule has 0 aliphatic carbocycles. The van der Waals surface area contributed by atoms with Gasteiger partial charge in [0.05, 0.1) is 6.10 Å². The molecule has 2 saturated heterocycles. The van der Waals surface area contributed by atoms with Crippen LogP contribution < -0.4 is 0 Å². The zero-order valence-electron chi connectivity index (χ0n) is 9.26. The Hall–Kier alpha value is -1.30. The summed E-state index contributed by atoms with van der Waals surface area (Å²) in [7, 11) is 1.76. The molecule has 2 rings (SSSR count). The summed E-state index contributed by atoms with van der Waals surface area (Å²) in [5.74, 6) is -0.910. The van der Waals surface area contributed by atoms with Crippen LogP contribution in [-0.2, 0) is 9.53 Å². The molecule has 0 aromatic rings. The Kier molecular flexibility index (Phi) is 3.00. The van der Waals surface area contributed by atoms with E-state index in [1.807, 2.05) is 0 Å². The van der Waals surface area contributed by atoms with E-state index in [-0.39, 0.29) is 12.1 Å². The summed E-state index contributed by atoms with van der Waals surface area (Å²) in [6.07, 6.45) is 0.430. The van der Waals surface area contributed by atoms with Gasteiger partial charge in [-0.25, -0.2) is 9.59 Å². The number of hydrogen-bond donors (Lipinski definition) is 1. The second-order valence-electron chi connectivity index (χ2n) is 4.31. The van der Waals surface area contributed by atoms with Gasteiger partial charge in [0.2, 0.25) is 0 Å². The topological polar surface area (TPSA) is 70.1 Å². The first-order valence-electron chi connectivity index (χ1n) is 5.46. The highest BCUT2D eigenvalue weighted by molar-refractivity contribution is 5.76. The Morgan fingerprint density at radius 2 is 2.25 bits per heavy atom. The van der Waals surface area contributed by atoms with E-state index in [9.17, 15) is 9.59 Å². The summed E-state index contributed by atoms with van der Waals surface area (Å²) < 4.78 is 5.36. The molecule has 2 aliphatic rings. The largest absolute Gasteiger partial charge is 0.479 e. The number of aliphatic carboxylic acids is 1. The van der Waals surface area contributed by atoms with Gasteiger partial charge in [-0.2, -0.15) is 0 Å². The van der Waals surface area contributed by atoms with Gasteiger partial charge in [-0.15, -0.1) is 0 Å². The van der Waals surface area contributed by atoms with Crippen molar-refractivity contribution in [3.05, 3.63) is 0 Å². The summed E-state index contributed by atoms with van der Waals surface area (Å²) in [6.45, 7) is 1.94. The Morgan fingerprint density at radius 1 is 1.50 bits per heavy atom. The Labute approximate surface area is 93.8 Å². The van der Waals surface area contributed by atoms with E-state index < -0.39 is 12.1 Å². The van der Waals surface area contributed by atoms with E-state index in [1.165, 1.54) is 0 Å². The molecule has 2 heterocycles. The summed E-state index contributed by atoms with van der Waals surface area (Å²) in [5.41, 5.74) is 0. The number of carbonyl (C=O) groups is 2. The number of carbonyl (C=O) groups excluding carboxylic acids is 1. The fraction of sp³-hybridized carbons (Fsp3) is 0.800. The number of likely N-dealkylation sites (N-methyl/N-ethyl adjacent to an activating group) is 1. The monoisotopic (exact) mass is 228 g/mol.